The minimum absolute atomic E-state index is 0.0101. The van der Waals surface area contributed by atoms with Gasteiger partial charge in [0, 0.05) is 59.6 Å². The van der Waals surface area contributed by atoms with Crippen molar-refractivity contribution in [2.24, 2.45) is 0 Å². The Labute approximate surface area is 445 Å². The molecule has 8 aromatic carbocycles. The van der Waals surface area contributed by atoms with Gasteiger partial charge in [-0.2, -0.15) is 0 Å². The maximum atomic E-state index is 2.70. The van der Waals surface area contributed by atoms with Crippen molar-refractivity contribution >= 4 is 88.7 Å². The molecule has 0 saturated carbocycles. The molecule has 4 aliphatic rings. The van der Waals surface area contributed by atoms with Crippen molar-refractivity contribution in [1.29, 1.82) is 0 Å². The van der Waals surface area contributed by atoms with E-state index < -0.39 is 0 Å². The summed E-state index contributed by atoms with van der Waals surface area (Å²) in [4.78, 5) is 5.35. The molecule has 0 saturated heterocycles. The van der Waals surface area contributed by atoms with Crippen LogP contribution in [0.5, 0.6) is 0 Å². The summed E-state index contributed by atoms with van der Waals surface area (Å²) in [5.74, 6) is 0. The number of hydrogen-bond donors (Lipinski definition) is 0. The Hall–Kier alpha value is -6.36. The predicted molar refractivity (Wildman–Crippen MR) is 323 cm³/mol. The molecule has 13 rings (SSSR count). The fraction of sp³-hybridized carbons (Fsp3) is 0.314. The summed E-state index contributed by atoms with van der Waals surface area (Å²) >= 11 is 2.03. The first kappa shape index (κ1) is 47.4. The van der Waals surface area contributed by atoms with Crippen molar-refractivity contribution in [2.75, 3.05) is 9.80 Å². The Bertz CT molecular complexity index is 3840. The van der Waals surface area contributed by atoms with E-state index in [1.807, 2.05) is 11.3 Å². The van der Waals surface area contributed by atoms with E-state index in [1.165, 1.54) is 145 Å². The lowest BCUT2D eigenvalue weighted by Crippen LogP contribution is -2.61. The molecular weight excluding hydrogens is 912 g/mol. The molecule has 74 heavy (non-hydrogen) atoms. The molecule has 3 heterocycles. The van der Waals surface area contributed by atoms with E-state index in [9.17, 15) is 0 Å². The monoisotopic (exact) mass is 983 g/mol. The predicted octanol–water partition coefficient (Wildman–Crippen LogP) is 17.8. The van der Waals surface area contributed by atoms with Crippen LogP contribution in [0.15, 0.2) is 140 Å². The molecule has 0 bridgehead atoms. The smallest absolute Gasteiger partial charge is 0.254 e. The van der Waals surface area contributed by atoms with Crippen LogP contribution in [0.25, 0.3) is 42.4 Å². The van der Waals surface area contributed by atoms with Crippen molar-refractivity contribution in [1.82, 2.24) is 0 Å². The van der Waals surface area contributed by atoms with Crippen molar-refractivity contribution in [3.63, 3.8) is 0 Å². The van der Waals surface area contributed by atoms with E-state index in [0.717, 1.165) is 6.42 Å². The van der Waals surface area contributed by atoms with Gasteiger partial charge in [-0.3, -0.25) is 0 Å². The van der Waals surface area contributed by atoms with Crippen LogP contribution in [-0.2, 0) is 39.9 Å². The first-order chi connectivity index (χ1) is 35.0. The molecule has 0 amide bonds. The van der Waals surface area contributed by atoms with Crippen molar-refractivity contribution in [2.45, 2.75) is 143 Å². The second-order valence-electron chi connectivity index (χ2n) is 26.9. The van der Waals surface area contributed by atoms with E-state index in [-0.39, 0.29) is 33.8 Å². The highest BCUT2D eigenvalue weighted by Crippen LogP contribution is 2.54. The number of nitrogens with zero attached hydrogens (tertiary/aromatic N) is 2. The highest BCUT2D eigenvalue weighted by atomic mass is 32.1. The van der Waals surface area contributed by atoms with Crippen LogP contribution in [0.1, 0.15) is 148 Å². The molecule has 370 valence electrons. The highest BCUT2D eigenvalue weighted by Gasteiger charge is 2.47. The molecular formula is C70H71BN2S. The number of hydrogen-bond acceptors (Lipinski definition) is 3. The highest BCUT2D eigenvalue weighted by molar-refractivity contribution is 7.28. The van der Waals surface area contributed by atoms with E-state index in [1.54, 1.807) is 5.56 Å². The minimum Gasteiger partial charge on any atom is -0.311 e. The zero-order chi connectivity index (χ0) is 51.8. The maximum absolute atomic E-state index is 2.70. The molecule has 0 radical (unpaired) electrons. The van der Waals surface area contributed by atoms with Gasteiger partial charge in [-0.25, -0.2) is 0 Å². The molecule has 4 heteroatoms. The normalized spacial score (nSPS) is 15.6. The van der Waals surface area contributed by atoms with Crippen LogP contribution in [0.2, 0.25) is 0 Å². The summed E-state index contributed by atoms with van der Waals surface area (Å²) in [7, 11) is 0. The summed E-state index contributed by atoms with van der Waals surface area (Å²) in [5.41, 5.74) is 27.9. The quantitative estimate of drug-likeness (QED) is 0.163. The van der Waals surface area contributed by atoms with Crippen molar-refractivity contribution in [3.8, 4) is 22.3 Å². The van der Waals surface area contributed by atoms with Gasteiger partial charge in [0.25, 0.3) is 6.71 Å². The topological polar surface area (TPSA) is 6.48 Å². The first-order valence-corrected chi connectivity index (χ1v) is 28.2. The molecule has 2 aliphatic carbocycles. The zero-order valence-electron chi connectivity index (χ0n) is 46.3. The third-order valence-corrected chi connectivity index (χ3v) is 18.8. The van der Waals surface area contributed by atoms with E-state index in [0.29, 0.717) is 0 Å². The average molecular weight is 983 g/mol. The van der Waals surface area contributed by atoms with E-state index >= 15 is 0 Å². The van der Waals surface area contributed by atoms with Crippen molar-refractivity contribution < 1.29 is 0 Å². The van der Waals surface area contributed by atoms with Gasteiger partial charge in [0.05, 0.1) is 5.69 Å². The molecule has 0 unspecified atom stereocenters. The summed E-state index contributed by atoms with van der Waals surface area (Å²) in [6, 6.07) is 55.9. The number of benzene rings is 8. The third-order valence-electron chi connectivity index (χ3n) is 17.6. The van der Waals surface area contributed by atoms with Crippen LogP contribution in [-0.4, -0.2) is 6.71 Å². The Morgan fingerprint density at radius 1 is 0.473 bits per heavy atom. The van der Waals surface area contributed by atoms with Crippen LogP contribution < -0.4 is 26.2 Å². The van der Waals surface area contributed by atoms with Gasteiger partial charge < -0.3 is 9.80 Å². The first-order valence-electron chi connectivity index (χ1n) is 27.4. The van der Waals surface area contributed by atoms with Gasteiger partial charge >= 0.3 is 0 Å². The SMILES string of the molecule is CC(C)(C)c1ccc(N2c3cc(C(C)(C)C)cc4c3B(c3cc(C(C)(C)C)ccc3N4c3ccc(C(C)(C)C)cc3-c3ccc4c(c3)C(C)(C)c3ccccc3-4)c3c2ccc2c3sc3ccc4c(c32)CCC4)cc1. The van der Waals surface area contributed by atoms with Crippen molar-refractivity contribution in [3.05, 3.63) is 184 Å². The molecule has 1 aromatic heterocycles. The van der Waals surface area contributed by atoms with Gasteiger partial charge in [-0.05, 0) is 179 Å². The van der Waals surface area contributed by atoms with Gasteiger partial charge in [0.2, 0.25) is 0 Å². The van der Waals surface area contributed by atoms with Gasteiger partial charge in [-0.1, -0.05) is 176 Å². The number of rotatable bonds is 3. The minimum atomic E-state index is -0.138. The molecule has 2 aliphatic heterocycles. The Morgan fingerprint density at radius 3 is 1.80 bits per heavy atom. The van der Waals surface area contributed by atoms with Crippen LogP contribution in [0.4, 0.5) is 34.1 Å². The summed E-state index contributed by atoms with van der Waals surface area (Å²) in [5, 5.41) is 2.91. The third kappa shape index (κ3) is 7.02. The summed E-state index contributed by atoms with van der Waals surface area (Å²) in [6.07, 6.45) is 3.57. The second kappa shape index (κ2) is 15.8. The lowest BCUT2D eigenvalue weighted by molar-refractivity contribution is 0.589. The standard InChI is InChI=1S/C70H71BN2S/c1-66(2,3)43-24-28-47(29-25-43)72-58-34-31-51-62-48-20-17-18-41(48)23-35-61(62)74-65(51)64(58)71-55-38-45(68(7,8)9)27-33-57(55)73(60-40-46(69(10,11)12)39-59(72)63(60)71)56-32-26-44(67(4,5)6)37-52(56)42-22-30-50-49-19-15-16-21-53(49)70(13,14)54(50)36-42/h15-16,19,21-40H,17-18,20H2,1-14H3. The molecule has 2 nitrogen and oxygen atoms in total. The molecule has 0 N–H and O–H groups in total. The zero-order valence-corrected chi connectivity index (χ0v) is 47.1. The van der Waals surface area contributed by atoms with Crippen LogP contribution in [0.3, 0.4) is 0 Å². The fourth-order valence-corrected chi connectivity index (χ4v) is 14.7. The Balaban J connectivity index is 1.15. The van der Waals surface area contributed by atoms with E-state index in [2.05, 4.69) is 246 Å². The fourth-order valence-electron chi connectivity index (χ4n) is 13.3. The lowest BCUT2D eigenvalue weighted by atomic mass is 9.33. The maximum Gasteiger partial charge on any atom is 0.254 e. The van der Waals surface area contributed by atoms with Crippen LogP contribution >= 0.6 is 11.3 Å². The molecule has 0 fully saturated rings. The van der Waals surface area contributed by atoms with Crippen LogP contribution in [0, 0.1) is 0 Å². The Morgan fingerprint density at radius 2 is 1.09 bits per heavy atom. The Kier molecular flexibility index (Phi) is 10.1. The molecule has 0 spiro atoms. The summed E-state index contributed by atoms with van der Waals surface area (Å²) < 4.78 is 2.84. The van der Waals surface area contributed by atoms with Gasteiger partial charge in [-0.15, -0.1) is 11.3 Å². The number of anilines is 6. The van der Waals surface area contributed by atoms with E-state index in [4.69, 9.17) is 0 Å². The molecule has 0 atom stereocenters. The number of thiophene rings is 1. The second-order valence-corrected chi connectivity index (χ2v) is 28.0. The average Bonchev–Trinajstić information content (AvgIpc) is 4.08. The lowest BCUT2D eigenvalue weighted by Gasteiger charge is -2.46. The molecule has 9 aromatic rings. The van der Waals surface area contributed by atoms with Gasteiger partial charge in [0.1, 0.15) is 0 Å². The summed E-state index contributed by atoms with van der Waals surface area (Å²) in [6.45, 7) is 33.2. The largest absolute Gasteiger partial charge is 0.311 e. The number of fused-ring (bicyclic) bond motifs is 13. The van der Waals surface area contributed by atoms with Gasteiger partial charge in [0.15, 0.2) is 0 Å². The number of aryl methyl sites for hydroxylation is 2.